The highest BCUT2D eigenvalue weighted by atomic mass is 16.5. The van der Waals surface area contributed by atoms with Gasteiger partial charge in [-0.15, -0.1) is 0 Å². The van der Waals surface area contributed by atoms with Gasteiger partial charge in [0.05, 0.1) is 12.7 Å². The number of quaternary nitrogens is 1. The second-order valence-corrected chi connectivity index (χ2v) is 4.85. The van der Waals surface area contributed by atoms with Gasteiger partial charge in [0, 0.05) is 5.56 Å². The van der Waals surface area contributed by atoms with E-state index < -0.39 is 0 Å². The molecule has 2 aromatic carbocycles. The van der Waals surface area contributed by atoms with E-state index in [4.69, 9.17) is 9.47 Å². The zero-order valence-electron chi connectivity index (χ0n) is 11.1. The molecule has 19 heavy (non-hydrogen) atoms. The van der Waals surface area contributed by atoms with Crippen molar-refractivity contribution in [2.45, 2.75) is 13.1 Å². The molecule has 3 nitrogen and oxygen atoms in total. The van der Waals surface area contributed by atoms with Crippen LogP contribution in [0.5, 0.6) is 11.5 Å². The minimum absolute atomic E-state index is 0.716. The molecule has 1 heterocycles. The lowest BCUT2D eigenvalue weighted by Gasteiger charge is -2.26. The summed E-state index contributed by atoms with van der Waals surface area (Å²) in [5, 5.41) is 0. The minimum Gasteiger partial charge on any atom is -0.497 e. The molecule has 0 saturated carbocycles. The smallest absolute Gasteiger partial charge is 0.222 e. The SMILES string of the molecule is COc1ccc2c(c1)C[NH+](Cc1ccccc1)CO2. The van der Waals surface area contributed by atoms with Gasteiger partial charge in [-0.3, -0.25) is 4.90 Å². The van der Waals surface area contributed by atoms with Crippen molar-refractivity contribution in [3.05, 3.63) is 59.7 Å². The van der Waals surface area contributed by atoms with Crippen molar-refractivity contribution in [2.24, 2.45) is 0 Å². The van der Waals surface area contributed by atoms with Crippen molar-refractivity contribution in [3.8, 4) is 11.5 Å². The molecule has 2 aromatic rings. The molecular formula is C16H18NO2+. The van der Waals surface area contributed by atoms with Gasteiger partial charge in [-0.2, -0.15) is 0 Å². The van der Waals surface area contributed by atoms with E-state index in [-0.39, 0.29) is 0 Å². The maximum absolute atomic E-state index is 5.82. The van der Waals surface area contributed by atoms with Crippen LogP contribution in [0.15, 0.2) is 48.5 Å². The number of fused-ring (bicyclic) bond motifs is 1. The Morgan fingerprint density at radius 3 is 2.79 bits per heavy atom. The Balaban J connectivity index is 1.74. The van der Waals surface area contributed by atoms with E-state index in [1.54, 1.807) is 7.11 Å². The average molecular weight is 256 g/mol. The highest BCUT2D eigenvalue weighted by molar-refractivity contribution is 5.40. The number of rotatable bonds is 3. The summed E-state index contributed by atoms with van der Waals surface area (Å²) in [5.74, 6) is 1.88. The van der Waals surface area contributed by atoms with Gasteiger partial charge in [0.15, 0.2) is 0 Å². The summed E-state index contributed by atoms with van der Waals surface area (Å²) in [7, 11) is 1.69. The molecule has 0 radical (unpaired) electrons. The number of methoxy groups -OCH3 is 1. The van der Waals surface area contributed by atoms with Crippen molar-refractivity contribution < 1.29 is 14.4 Å². The Bertz CT molecular complexity index is 554. The third-order valence-electron chi connectivity index (χ3n) is 3.44. The van der Waals surface area contributed by atoms with Crippen LogP contribution in [0, 0.1) is 0 Å². The van der Waals surface area contributed by atoms with Gasteiger partial charge in [-0.25, -0.2) is 0 Å². The van der Waals surface area contributed by atoms with Crippen molar-refractivity contribution in [3.63, 3.8) is 0 Å². The molecule has 0 aliphatic carbocycles. The Morgan fingerprint density at radius 2 is 2.00 bits per heavy atom. The number of hydrogen-bond donors (Lipinski definition) is 1. The predicted molar refractivity (Wildman–Crippen MR) is 73.3 cm³/mol. The maximum Gasteiger partial charge on any atom is 0.222 e. The molecule has 3 rings (SSSR count). The molecular weight excluding hydrogens is 238 g/mol. The zero-order chi connectivity index (χ0) is 13.1. The topological polar surface area (TPSA) is 22.9 Å². The van der Waals surface area contributed by atoms with E-state index in [0.29, 0.717) is 6.73 Å². The maximum atomic E-state index is 5.82. The summed E-state index contributed by atoms with van der Waals surface area (Å²) < 4.78 is 11.1. The molecule has 0 saturated heterocycles. The molecule has 1 aliphatic rings. The fourth-order valence-corrected chi connectivity index (χ4v) is 2.46. The van der Waals surface area contributed by atoms with Crippen LogP contribution in [0.3, 0.4) is 0 Å². The normalized spacial score (nSPS) is 17.4. The highest BCUT2D eigenvalue weighted by Gasteiger charge is 2.20. The zero-order valence-corrected chi connectivity index (χ0v) is 11.1. The van der Waals surface area contributed by atoms with E-state index in [0.717, 1.165) is 24.6 Å². The van der Waals surface area contributed by atoms with Crippen LogP contribution in [-0.2, 0) is 13.1 Å². The van der Waals surface area contributed by atoms with Crippen LogP contribution < -0.4 is 14.4 Å². The van der Waals surface area contributed by atoms with E-state index in [2.05, 4.69) is 30.3 Å². The summed E-state index contributed by atoms with van der Waals surface area (Å²) in [4.78, 5) is 1.41. The monoisotopic (exact) mass is 256 g/mol. The minimum atomic E-state index is 0.716. The first-order valence-electron chi connectivity index (χ1n) is 6.52. The van der Waals surface area contributed by atoms with E-state index >= 15 is 0 Å². The summed E-state index contributed by atoms with van der Waals surface area (Å²) in [6, 6.07) is 16.5. The molecule has 0 amide bonds. The van der Waals surface area contributed by atoms with Crippen molar-refractivity contribution in [2.75, 3.05) is 13.8 Å². The summed E-state index contributed by atoms with van der Waals surface area (Å²) in [6.45, 7) is 2.67. The number of ether oxygens (including phenoxy) is 2. The Kier molecular flexibility index (Phi) is 3.38. The lowest BCUT2D eigenvalue weighted by molar-refractivity contribution is -0.945. The van der Waals surface area contributed by atoms with Crippen LogP contribution in [0.4, 0.5) is 0 Å². The van der Waals surface area contributed by atoms with Crippen LogP contribution in [0.1, 0.15) is 11.1 Å². The van der Waals surface area contributed by atoms with Crippen LogP contribution >= 0.6 is 0 Å². The lowest BCUT2D eigenvalue weighted by Crippen LogP contribution is -3.10. The van der Waals surface area contributed by atoms with Gasteiger partial charge in [-0.05, 0) is 18.2 Å². The van der Waals surface area contributed by atoms with E-state index in [9.17, 15) is 0 Å². The summed E-state index contributed by atoms with van der Waals surface area (Å²) in [5.41, 5.74) is 2.56. The molecule has 0 spiro atoms. The van der Waals surface area contributed by atoms with Crippen molar-refractivity contribution in [1.82, 2.24) is 0 Å². The van der Waals surface area contributed by atoms with E-state index in [1.165, 1.54) is 16.0 Å². The second kappa shape index (κ2) is 5.33. The fourth-order valence-electron chi connectivity index (χ4n) is 2.46. The number of benzene rings is 2. The first kappa shape index (κ1) is 12.1. The van der Waals surface area contributed by atoms with Gasteiger partial charge in [0.1, 0.15) is 24.6 Å². The first-order chi connectivity index (χ1) is 9.35. The van der Waals surface area contributed by atoms with Gasteiger partial charge in [0.2, 0.25) is 6.73 Å². The Morgan fingerprint density at radius 1 is 1.16 bits per heavy atom. The molecule has 0 aromatic heterocycles. The first-order valence-corrected chi connectivity index (χ1v) is 6.52. The van der Waals surface area contributed by atoms with Crippen molar-refractivity contribution >= 4 is 0 Å². The van der Waals surface area contributed by atoms with Crippen molar-refractivity contribution in [1.29, 1.82) is 0 Å². The van der Waals surface area contributed by atoms with Gasteiger partial charge in [-0.1, -0.05) is 30.3 Å². The van der Waals surface area contributed by atoms with Gasteiger partial charge < -0.3 is 9.47 Å². The Hall–Kier alpha value is -2.00. The molecule has 1 unspecified atom stereocenters. The predicted octanol–water partition coefficient (Wildman–Crippen LogP) is 1.63. The second-order valence-electron chi connectivity index (χ2n) is 4.85. The molecule has 98 valence electrons. The molecule has 1 N–H and O–H groups in total. The molecule has 1 atom stereocenters. The van der Waals surface area contributed by atoms with Crippen LogP contribution in [0.2, 0.25) is 0 Å². The van der Waals surface area contributed by atoms with Gasteiger partial charge >= 0.3 is 0 Å². The number of hydrogen-bond acceptors (Lipinski definition) is 2. The molecule has 1 aliphatic heterocycles. The van der Waals surface area contributed by atoms with Crippen LogP contribution in [-0.4, -0.2) is 13.8 Å². The average Bonchev–Trinajstić information content (AvgIpc) is 2.47. The Labute approximate surface area is 113 Å². The summed E-state index contributed by atoms with van der Waals surface area (Å²) >= 11 is 0. The fraction of sp³-hybridized carbons (Fsp3) is 0.250. The molecule has 0 bridgehead atoms. The summed E-state index contributed by atoms with van der Waals surface area (Å²) in [6.07, 6.45) is 0. The van der Waals surface area contributed by atoms with Crippen LogP contribution in [0.25, 0.3) is 0 Å². The quantitative estimate of drug-likeness (QED) is 0.902. The lowest BCUT2D eigenvalue weighted by atomic mass is 10.1. The standard InChI is InChI=1S/C16H17NO2/c1-18-15-7-8-16-14(9-15)11-17(12-19-16)10-13-5-3-2-4-6-13/h2-9H,10-12H2,1H3/p+1. The largest absolute Gasteiger partial charge is 0.497 e. The third-order valence-corrected chi connectivity index (χ3v) is 3.44. The highest BCUT2D eigenvalue weighted by Crippen LogP contribution is 2.24. The van der Waals surface area contributed by atoms with E-state index in [1.807, 2.05) is 18.2 Å². The molecule has 3 heteroatoms. The molecule has 0 fully saturated rings. The van der Waals surface area contributed by atoms with Gasteiger partial charge in [0.25, 0.3) is 0 Å². The number of nitrogens with one attached hydrogen (secondary N) is 1. The third kappa shape index (κ3) is 2.71.